The van der Waals surface area contributed by atoms with Crippen molar-refractivity contribution in [3.63, 3.8) is 0 Å². The summed E-state index contributed by atoms with van der Waals surface area (Å²) >= 11 is 0. The van der Waals surface area contributed by atoms with Gasteiger partial charge in [-0.15, -0.1) is 0 Å². The first kappa shape index (κ1) is 10.0. The van der Waals surface area contributed by atoms with Crippen molar-refractivity contribution in [3.05, 3.63) is 0 Å². The Morgan fingerprint density at radius 2 is 1.83 bits per heavy atom. The fourth-order valence-corrected chi connectivity index (χ4v) is 1.92. The molecule has 1 aliphatic carbocycles. The van der Waals surface area contributed by atoms with Crippen molar-refractivity contribution in [2.45, 2.75) is 59.0 Å². The Bertz CT molecular complexity index is 131. The van der Waals surface area contributed by atoms with Crippen molar-refractivity contribution >= 4 is 0 Å². The van der Waals surface area contributed by atoms with Crippen molar-refractivity contribution in [1.82, 2.24) is 5.32 Å². The summed E-state index contributed by atoms with van der Waals surface area (Å²) in [4.78, 5) is 0. The molecule has 1 N–H and O–H groups in total. The summed E-state index contributed by atoms with van der Waals surface area (Å²) in [6.07, 6.45) is 4.23. The summed E-state index contributed by atoms with van der Waals surface area (Å²) in [5.41, 5.74) is 0. The van der Waals surface area contributed by atoms with Crippen LogP contribution in [-0.2, 0) is 0 Å². The lowest BCUT2D eigenvalue weighted by molar-refractivity contribution is 0.334. The molecule has 0 aromatic rings. The number of hydrogen-bond acceptors (Lipinski definition) is 1. The zero-order valence-corrected chi connectivity index (χ0v) is 8.93. The zero-order valence-electron chi connectivity index (χ0n) is 8.93. The number of nitrogens with one attached hydrogen (secondary N) is 1. The quantitative estimate of drug-likeness (QED) is 0.685. The van der Waals surface area contributed by atoms with Crippen molar-refractivity contribution in [1.29, 1.82) is 0 Å². The summed E-state index contributed by atoms with van der Waals surface area (Å²) in [6, 6.07) is 1.47. The van der Waals surface area contributed by atoms with E-state index in [0.29, 0.717) is 6.04 Å². The first-order valence-corrected chi connectivity index (χ1v) is 5.37. The standard InChI is InChI=1S/C11H23N/c1-8(2)10(4)12-11-7-5-6-9(11)3/h8-12H,5-7H2,1-4H3/t9-,10-,11+/m0/s1. The first-order valence-electron chi connectivity index (χ1n) is 5.37. The van der Waals surface area contributed by atoms with Crippen LogP contribution in [0.5, 0.6) is 0 Å². The molecule has 3 atom stereocenters. The van der Waals surface area contributed by atoms with E-state index >= 15 is 0 Å². The third-order valence-corrected chi connectivity index (χ3v) is 3.34. The van der Waals surface area contributed by atoms with E-state index in [2.05, 4.69) is 33.0 Å². The monoisotopic (exact) mass is 169 g/mol. The lowest BCUT2D eigenvalue weighted by atomic mass is 10.0. The Labute approximate surface area is 76.9 Å². The molecule has 0 amide bonds. The van der Waals surface area contributed by atoms with E-state index in [0.717, 1.165) is 17.9 Å². The topological polar surface area (TPSA) is 12.0 Å². The van der Waals surface area contributed by atoms with E-state index in [9.17, 15) is 0 Å². The van der Waals surface area contributed by atoms with Gasteiger partial charge in [-0.3, -0.25) is 0 Å². The van der Waals surface area contributed by atoms with Gasteiger partial charge in [-0.25, -0.2) is 0 Å². The average Bonchev–Trinajstić information content (AvgIpc) is 2.36. The van der Waals surface area contributed by atoms with Crippen LogP contribution in [0, 0.1) is 11.8 Å². The second kappa shape index (κ2) is 4.27. The van der Waals surface area contributed by atoms with Crippen LogP contribution in [-0.4, -0.2) is 12.1 Å². The van der Waals surface area contributed by atoms with E-state index in [-0.39, 0.29) is 0 Å². The first-order chi connectivity index (χ1) is 5.61. The van der Waals surface area contributed by atoms with Crippen LogP contribution in [0.3, 0.4) is 0 Å². The van der Waals surface area contributed by atoms with Gasteiger partial charge in [0.1, 0.15) is 0 Å². The molecule has 72 valence electrons. The highest BCUT2D eigenvalue weighted by atomic mass is 15.0. The molecule has 0 aromatic carbocycles. The summed E-state index contributed by atoms with van der Waals surface area (Å²) in [5.74, 6) is 1.66. The van der Waals surface area contributed by atoms with Gasteiger partial charge in [0.05, 0.1) is 0 Å². The minimum Gasteiger partial charge on any atom is -0.311 e. The van der Waals surface area contributed by atoms with Gasteiger partial charge in [-0.2, -0.15) is 0 Å². The molecular weight excluding hydrogens is 146 g/mol. The Hall–Kier alpha value is -0.0400. The molecule has 0 saturated heterocycles. The van der Waals surface area contributed by atoms with Gasteiger partial charge >= 0.3 is 0 Å². The van der Waals surface area contributed by atoms with E-state index in [1.165, 1.54) is 19.3 Å². The predicted octanol–water partition coefficient (Wildman–Crippen LogP) is 2.81. The second-order valence-electron chi connectivity index (χ2n) is 4.71. The van der Waals surface area contributed by atoms with E-state index in [1.54, 1.807) is 0 Å². The van der Waals surface area contributed by atoms with Crippen molar-refractivity contribution < 1.29 is 0 Å². The summed E-state index contributed by atoms with van der Waals surface area (Å²) in [6.45, 7) is 9.25. The normalized spacial score (nSPS) is 32.8. The van der Waals surface area contributed by atoms with Gasteiger partial charge < -0.3 is 5.32 Å². The molecule has 1 heteroatoms. The highest BCUT2D eigenvalue weighted by Crippen LogP contribution is 2.25. The van der Waals surface area contributed by atoms with Crippen LogP contribution in [0.25, 0.3) is 0 Å². The highest BCUT2D eigenvalue weighted by molar-refractivity contribution is 4.82. The largest absolute Gasteiger partial charge is 0.311 e. The maximum absolute atomic E-state index is 3.73. The van der Waals surface area contributed by atoms with Crippen LogP contribution in [0.15, 0.2) is 0 Å². The Kier molecular flexibility index (Phi) is 3.57. The molecule has 0 radical (unpaired) electrons. The fourth-order valence-electron chi connectivity index (χ4n) is 1.92. The molecule has 0 spiro atoms. The molecule has 0 unspecified atom stereocenters. The van der Waals surface area contributed by atoms with Crippen LogP contribution < -0.4 is 5.32 Å². The molecule has 0 heterocycles. The van der Waals surface area contributed by atoms with Gasteiger partial charge in [0.2, 0.25) is 0 Å². The molecule has 0 aliphatic heterocycles. The summed E-state index contributed by atoms with van der Waals surface area (Å²) in [5, 5.41) is 3.73. The van der Waals surface area contributed by atoms with E-state index in [4.69, 9.17) is 0 Å². The molecule has 1 rings (SSSR count). The third-order valence-electron chi connectivity index (χ3n) is 3.34. The fraction of sp³-hybridized carbons (Fsp3) is 1.00. The van der Waals surface area contributed by atoms with Crippen LogP contribution >= 0.6 is 0 Å². The van der Waals surface area contributed by atoms with Crippen LogP contribution in [0.2, 0.25) is 0 Å². The van der Waals surface area contributed by atoms with Crippen LogP contribution in [0.1, 0.15) is 47.0 Å². The minimum absolute atomic E-state index is 0.676. The van der Waals surface area contributed by atoms with Gasteiger partial charge in [0, 0.05) is 12.1 Å². The molecule has 1 saturated carbocycles. The Balaban J connectivity index is 2.30. The second-order valence-corrected chi connectivity index (χ2v) is 4.71. The van der Waals surface area contributed by atoms with E-state index < -0.39 is 0 Å². The molecule has 1 aliphatic rings. The Morgan fingerprint density at radius 1 is 1.17 bits per heavy atom. The molecule has 12 heavy (non-hydrogen) atoms. The van der Waals surface area contributed by atoms with Gasteiger partial charge in [0.15, 0.2) is 0 Å². The molecule has 0 bridgehead atoms. The van der Waals surface area contributed by atoms with Crippen molar-refractivity contribution in [3.8, 4) is 0 Å². The molecule has 1 fully saturated rings. The average molecular weight is 169 g/mol. The summed E-state index contributed by atoms with van der Waals surface area (Å²) < 4.78 is 0. The summed E-state index contributed by atoms with van der Waals surface area (Å²) in [7, 11) is 0. The van der Waals surface area contributed by atoms with Crippen molar-refractivity contribution in [2.75, 3.05) is 0 Å². The maximum atomic E-state index is 3.73. The third kappa shape index (κ3) is 2.48. The van der Waals surface area contributed by atoms with Gasteiger partial charge in [-0.1, -0.05) is 27.2 Å². The number of rotatable bonds is 3. The van der Waals surface area contributed by atoms with Gasteiger partial charge in [0.25, 0.3) is 0 Å². The zero-order chi connectivity index (χ0) is 9.14. The highest BCUT2D eigenvalue weighted by Gasteiger charge is 2.24. The SMILES string of the molecule is CC(C)[C@H](C)N[C@@H]1CCC[C@@H]1C. The number of hydrogen-bond donors (Lipinski definition) is 1. The van der Waals surface area contributed by atoms with E-state index in [1.807, 2.05) is 0 Å². The lowest BCUT2D eigenvalue weighted by Crippen LogP contribution is -2.40. The van der Waals surface area contributed by atoms with Gasteiger partial charge in [-0.05, 0) is 31.6 Å². The molecular formula is C11H23N. The van der Waals surface area contributed by atoms with Crippen molar-refractivity contribution in [2.24, 2.45) is 11.8 Å². The molecule has 1 nitrogen and oxygen atoms in total. The lowest BCUT2D eigenvalue weighted by Gasteiger charge is -2.25. The van der Waals surface area contributed by atoms with Crippen LogP contribution in [0.4, 0.5) is 0 Å². The predicted molar refractivity (Wildman–Crippen MR) is 54.2 cm³/mol. The Morgan fingerprint density at radius 3 is 2.25 bits per heavy atom. The maximum Gasteiger partial charge on any atom is 0.00952 e. The smallest absolute Gasteiger partial charge is 0.00952 e. The molecule has 0 aromatic heterocycles. The minimum atomic E-state index is 0.676.